The van der Waals surface area contributed by atoms with Crippen molar-refractivity contribution in [3.63, 3.8) is 0 Å². The van der Waals surface area contributed by atoms with Crippen LogP contribution in [0.2, 0.25) is 5.02 Å². The molecule has 5 rings (SSSR count). The summed E-state index contributed by atoms with van der Waals surface area (Å²) in [4.78, 5) is 28.4. The van der Waals surface area contributed by atoms with Crippen molar-refractivity contribution in [2.75, 3.05) is 37.7 Å². The van der Waals surface area contributed by atoms with Crippen molar-refractivity contribution in [2.24, 2.45) is 11.8 Å². The molecule has 2 aliphatic rings. The van der Waals surface area contributed by atoms with Gasteiger partial charge in [0.15, 0.2) is 0 Å². The predicted molar refractivity (Wildman–Crippen MR) is 160 cm³/mol. The normalized spacial score (nSPS) is 15.8. The van der Waals surface area contributed by atoms with E-state index >= 15 is 0 Å². The van der Waals surface area contributed by atoms with Gasteiger partial charge in [-0.25, -0.2) is 4.39 Å². The van der Waals surface area contributed by atoms with Gasteiger partial charge in [-0.15, -0.1) is 22.6 Å². The lowest BCUT2D eigenvalue weighted by molar-refractivity contribution is -0.143. The zero-order chi connectivity index (χ0) is 28.4. The summed E-state index contributed by atoms with van der Waals surface area (Å²) >= 11 is 7.53. The summed E-state index contributed by atoms with van der Waals surface area (Å²) in [5.41, 5.74) is 3.07. The summed E-state index contributed by atoms with van der Waals surface area (Å²) in [6.45, 7) is 7.30. The van der Waals surface area contributed by atoms with Crippen molar-refractivity contribution in [3.8, 4) is 16.3 Å². The van der Waals surface area contributed by atoms with Gasteiger partial charge < -0.3 is 9.84 Å². The molecule has 2 fully saturated rings. The molecular formula is C29H33Cl2FN4O4S. The molecule has 12 heteroatoms. The summed E-state index contributed by atoms with van der Waals surface area (Å²) in [6.07, 6.45) is 3.44. The van der Waals surface area contributed by atoms with Crippen LogP contribution in [0.4, 0.5) is 9.52 Å². The first kappa shape index (κ1) is 31.2. The van der Waals surface area contributed by atoms with Crippen LogP contribution in [-0.4, -0.2) is 64.9 Å². The Bertz CT molecular complexity index is 1390. The molecule has 3 aromatic rings. The molecule has 2 heterocycles. The van der Waals surface area contributed by atoms with Gasteiger partial charge in [0, 0.05) is 18.7 Å². The summed E-state index contributed by atoms with van der Waals surface area (Å²) in [5.74, 6) is -0.528. The molecular weight excluding hydrogens is 590 g/mol. The summed E-state index contributed by atoms with van der Waals surface area (Å²) in [7, 11) is 0. The van der Waals surface area contributed by atoms with E-state index < -0.39 is 11.8 Å². The summed E-state index contributed by atoms with van der Waals surface area (Å²) in [6, 6.07) is 7.80. The first-order valence-corrected chi connectivity index (χ1v) is 14.7. The lowest BCUT2D eigenvalue weighted by atomic mass is 9.97. The van der Waals surface area contributed by atoms with E-state index in [9.17, 15) is 19.1 Å². The van der Waals surface area contributed by atoms with E-state index in [1.807, 2.05) is 26.0 Å². The summed E-state index contributed by atoms with van der Waals surface area (Å²) < 4.78 is 19.7. The van der Waals surface area contributed by atoms with Gasteiger partial charge in [0.05, 0.1) is 16.5 Å². The second-order valence-corrected chi connectivity index (χ2v) is 12.0. The SMILES string of the molecule is Cc1cc(-c2nnc(N(CC3CC3)C(=O)c3ccc(F)cc3Cl)s2)cc(C)c1OCCN1CCC(C(=O)O)CC1.Cl. The Morgan fingerprint density at radius 2 is 1.80 bits per heavy atom. The van der Waals surface area contributed by atoms with Gasteiger partial charge in [-0.1, -0.05) is 22.9 Å². The van der Waals surface area contributed by atoms with Gasteiger partial charge in [-0.2, -0.15) is 0 Å². The number of hydrogen-bond acceptors (Lipinski definition) is 7. The smallest absolute Gasteiger partial charge is 0.306 e. The van der Waals surface area contributed by atoms with E-state index in [0.29, 0.717) is 42.1 Å². The maximum absolute atomic E-state index is 13.6. The fraction of sp³-hybridized carbons (Fsp3) is 0.448. The highest BCUT2D eigenvalue weighted by Gasteiger charge is 2.31. The van der Waals surface area contributed by atoms with Crippen LogP contribution in [0.3, 0.4) is 0 Å². The highest BCUT2D eigenvalue weighted by atomic mass is 35.5. The van der Waals surface area contributed by atoms with E-state index in [-0.39, 0.29) is 34.8 Å². The van der Waals surface area contributed by atoms with Gasteiger partial charge in [0.25, 0.3) is 5.91 Å². The number of ether oxygens (including phenoxy) is 1. The molecule has 0 unspecified atom stereocenters. The maximum Gasteiger partial charge on any atom is 0.306 e. The molecule has 41 heavy (non-hydrogen) atoms. The van der Waals surface area contributed by atoms with Crippen LogP contribution >= 0.6 is 35.3 Å². The molecule has 1 N–H and O–H groups in total. The topological polar surface area (TPSA) is 95.9 Å². The molecule has 1 amide bonds. The molecule has 0 atom stereocenters. The number of carbonyl (C=O) groups excluding carboxylic acids is 1. The standard InChI is InChI=1S/C29H32ClFN4O4S.ClH/c1-17-13-21(14-18(2)25(17)39-12-11-34-9-7-20(8-10-34)28(37)38)26-32-33-29(40-26)35(16-19-3-4-19)27(36)23-6-5-22(31)15-24(23)30;/h5-6,13-15,19-20H,3-4,7-12,16H2,1-2H3,(H,37,38);1H. The van der Waals surface area contributed by atoms with Crippen LogP contribution < -0.4 is 9.64 Å². The van der Waals surface area contributed by atoms with Gasteiger partial charge in [-0.05, 0) is 100.0 Å². The number of aliphatic carboxylic acids is 1. The van der Waals surface area contributed by atoms with Crippen LogP contribution in [0.15, 0.2) is 30.3 Å². The number of nitrogens with zero attached hydrogens (tertiary/aromatic N) is 4. The van der Waals surface area contributed by atoms with Crippen LogP contribution in [0, 0.1) is 31.5 Å². The molecule has 0 bridgehead atoms. The molecule has 1 aliphatic heterocycles. The number of likely N-dealkylation sites (tertiary alicyclic amines) is 1. The average molecular weight is 624 g/mol. The highest BCUT2D eigenvalue weighted by molar-refractivity contribution is 7.18. The van der Waals surface area contributed by atoms with Gasteiger partial charge in [-0.3, -0.25) is 19.4 Å². The third-order valence-corrected chi connectivity index (χ3v) is 8.80. The number of hydrogen-bond donors (Lipinski definition) is 1. The highest BCUT2D eigenvalue weighted by Crippen LogP contribution is 2.37. The molecule has 0 spiro atoms. The molecule has 1 aliphatic carbocycles. The van der Waals surface area contributed by atoms with Crippen LogP contribution in [0.1, 0.15) is 47.2 Å². The first-order valence-electron chi connectivity index (χ1n) is 13.5. The van der Waals surface area contributed by atoms with Gasteiger partial charge in [0.2, 0.25) is 5.13 Å². The number of piperidine rings is 1. The zero-order valence-corrected chi connectivity index (χ0v) is 25.3. The van der Waals surface area contributed by atoms with Gasteiger partial charge >= 0.3 is 5.97 Å². The number of carbonyl (C=O) groups is 2. The molecule has 2 aromatic carbocycles. The number of anilines is 1. The number of carboxylic acid groups (broad SMARTS) is 1. The third-order valence-electron chi connectivity index (χ3n) is 7.49. The Labute approximate surface area is 253 Å². The Morgan fingerprint density at radius 3 is 2.41 bits per heavy atom. The minimum Gasteiger partial charge on any atom is -0.492 e. The Balaban J connectivity index is 0.00000387. The fourth-order valence-corrected chi connectivity index (χ4v) is 6.13. The number of aromatic nitrogens is 2. The Morgan fingerprint density at radius 1 is 1.12 bits per heavy atom. The van der Waals surface area contributed by atoms with E-state index in [0.717, 1.165) is 61.0 Å². The van der Waals surface area contributed by atoms with Crippen LogP contribution in [0.5, 0.6) is 5.75 Å². The number of benzene rings is 2. The van der Waals surface area contributed by atoms with Crippen molar-refractivity contribution >= 4 is 52.4 Å². The van der Waals surface area contributed by atoms with Crippen molar-refractivity contribution in [2.45, 2.75) is 39.5 Å². The number of carboxylic acids is 1. The Hall–Kier alpha value is -2.79. The van der Waals surface area contributed by atoms with E-state index in [1.165, 1.54) is 23.5 Å². The van der Waals surface area contributed by atoms with Crippen molar-refractivity contribution < 1.29 is 23.8 Å². The second kappa shape index (κ2) is 13.5. The number of rotatable bonds is 10. The van der Waals surface area contributed by atoms with Crippen LogP contribution in [-0.2, 0) is 4.79 Å². The summed E-state index contributed by atoms with van der Waals surface area (Å²) in [5, 5.41) is 19.2. The van der Waals surface area contributed by atoms with E-state index in [4.69, 9.17) is 16.3 Å². The van der Waals surface area contributed by atoms with E-state index in [1.54, 1.807) is 4.90 Å². The lowest BCUT2D eigenvalue weighted by Gasteiger charge is -2.30. The van der Waals surface area contributed by atoms with Gasteiger partial charge in [0.1, 0.15) is 23.2 Å². The molecule has 0 radical (unpaired) electrons. The fourth-order valence-electron chi connectivity index (χ4n) is 5.04. The van der Waals surface area contributed by atoms with E-state index in [2.05, 4.69) is 15.1 Å². The lowest BCUT2D eigenvalue weighted by Crippen LogP contribution is -2.38. The number of halogens is 3. The molecule has 1 saturated heterocycles. The molecule has 8 nitrogen and oxygen atoms in total. The first-order chi connectivity index (χ1) is 19.2. The number of amides is 1. The van der Waals surface area contributed by atoms with Crippen molar-refractivity contribution in [1.29, 1.82) is 0 Å². The zero-order valence-electron chi connectivity index (χ0n) is 22.9. The number of aryl methyl sites for hydroxylation is 2. The molecule has 1 aromatic heterocycles. The maximum atomic E-state index is 13.6. The van der Waals surface area contributed by atoms with Crippen LogP contribution in [0.25, 0.3) is 10.6 Å². The molecule has 220 valence electrons. The Kier molecular flexibility index (Phi) is 10.2. The third kappa shape index (κ3) is 7.54. The minimum absolute atomic E-state index is 0. The quantitative estimate of drug-likeness (QED) is 0.285. The molecule has 1 saturated carbocycles. The largest absolute Gasteiger partial charge is 0.492 e. The predicted octanol–water partition coefficient (Wildman–Crippen LogP) is 6.27. The average Bonchev–Trinajstić information content (AvgIpc) is 3.61. The minimum atomic E-state index is -0.704. The monoisotopic (exact) mass is 622 g/mol. The van der Waals surface area contributed by atoms with Crippen molar-refractivity contribution in [1.82, 2.24) is 15.1 Å². The second-order valence-electron chi connectivity index (χ2n) is 10.6. The van der Waals surface area contributed by atoms with Crippen molar-refractivity contribution in [3.05, 3.63) is 57.9 Å².